The van der Waals surface area contributed by atoms with Crippen LogP contribution in [0, 0.1) is 0 Å². The molecule has 3 heteroatoms. The van der Waals surface area contributed by atoms with Crippen LogP contribution in [-0.4, -0.2) is 29.1 Å². The Hall–Kier alpha value is -1.35. The lowest BCUT2D eigenvalue weighted by molar-refractivity contribution is -0.138. The number of nitrogens with zero attached hydrogens (tertiary/aromatic N) is 1. The van der Waals surface area contributed by atoms with E-state index in [-0.39, 0.29) is 6.54 Å². The second-order valence-electron chi connectivity index (χ2n) is 4.72. The highest BCUT2D eigenvalue weighted by molar-refractivity contribution is 5.69. The van der Waals surface area contributed by atoms with Crippen LogP contribution in [0.1, 0.15) is 36.8 Å². The van der Waals surface area contributed by atoms with Gasteiger partial charge in [0.25, 0.3) is 0 Å². The molecule has 0 aromatic heterocycles. The minimum absolute atomic E-state index is 0.115. The third kappa shape index (κ3) is 3.56. The van der Waals surface area contributed by atoms with Crippen molar-refractivity contribution in [1.29, 1.82) is 0 Å². The first-order chi connectivity index (χ1) is 8.19. The maximum Gasteiger partial charge on any atom is 0.317 e. The Morgan fingerprint density at radius 2 is 2.24 bits per heavy atom. The Balaban J connectivity index is 2.00. The van der Waals surface area contributed by atoms with Gasteiger partial charge in [0.2, 0.25) is 0 Å². The topological polar surface area (TPSA) is 40.5 Å². The quantitative estimate of drug-likeness (QED) is 0.820. The molecule has 0 amide bonds. The summed E-state index contributed by atoms with van der Waals surface area (Å²) in [5.41, 5.74) is 2.63. The normalized spacial score (nSPS) is 15.2. The van der Waals surface area contributed by atoms with Crippen LogP contribution >= 0.6 is 0 Å². The zero-order chi connectivity index (χ0) is 12.3. The third-order valence-electron chi connectivity index (χ3n) is 3.21. The zero-order valence-electron chi connectivity index (χ0n) is 10.2. The average molecular weight is 233 g/mol. The van der Waals surface area contributed by atoms with Gasteiger partial charge in [-0.1, -0.05) is 31.2 Å². The Morgan fingerprint density at radius 1 is 1.47 bits per heavy atom. The van der Waals surface area contributed by atoms with E-state index in [4.69, 9.17) is 5.11 Å². The van der Waals surface area contributed by atoms with E-state index in [2.05, 4.69) is 24.3 Å². The first-order valence-electron chi connectivity index (χ1n) is 6.22. The molecule has 92 valence electrons. The maximum absolute atomic E-state index is 10.7. The summed E-state index contributed by atoms with van der Waals surface area (Å²) in [5, 5.41) is 8.80. The van der Waals surface area contributed by atoms with Gasteiger partial charge < -0.3 is 5.11 Å². The number of rotatable bonds is 6. The molecular weight excluding hydrogens is 214 g/mol. The smallest absolute Gasteiger partial charge is 0.317 e. The molecule has 17 heavy (non-hydrogen) atoms. The number of benzene rings is 1. The van der Waals surface area contributed by atoms with Crippen LogP contribution in [0.3, 0.4) is 0 Å². The number of carboxylic acids is 1. The van der Waals surface area contributed by atoms with Gasteiger partial charge in [-0.05, 0) is 36.4 Å². The highest BCUT2D eigenvalue weighted by Gasteiger charge is 2.23. The number of carboxylic acid groups (broad SMARTS) is 1. The fourth-order valence-electron chi connectivity index (χ4n) is 2.09. The molecule has 0 heterocycles. The Bertz CT molecular complexity index is 399. The molecule has 1 aliphatic carbocycles. The van der Waals surface area contributed by atoms with Crippen molar-refractivity contribution in [2.75, 3.05) is 13.1 Å². The highest BCUT2D eigenvalue weighted by atomic mass is 16.4. The lowest BCUT2D eigenvalue weighted by Gasteiger charge is -2.18. The molecule has 0 unspecified atom stereocenters. The van der Waals surface area contributed by atoms with Gasteiger partial charge in [-0.3, -0.25) is 9.69 Å². The van der Waals surface area contributed by atoms with E-state index in [1.54, 1.807) is 0 Å². The van der Waals surface area contributed by atoms with E-state index >= 15 is 0 Å². The monoisotopic (exact) mass is 233 g/mol. The summed E-state index contributed by atoms with van der Waals surface area (Å²) < 4.78 is 0. The summed E-state index contributed by atoms with van der Waals surface area (Å²) >= 11 is 0. The van der Waals surface area contributed by atoms with Crippen LogP contribution in [0.5, 0.6) is 0 Å². The summed E-state index contributed by atoms with van der Waals surface area (Å²) in [7, 11) is 0. The molecule has 1 N–H and O–H groups in total. The number of aliphatic carboxylic acids is 1. The van der Waals surface area contributed by atoms with E-state index in [0.717, 1.165) is 19.0 Å². The van der Waals surface area contributed by atoms with Gasteiger partial charge in [-0.2, -0.15) is 0 Å². The summed E-state index contributed by atoms with van der Waals surface area (Å²) in [5.74, 6) is -0.00491. The van der Waals surface area contributed by atoms with Gasteiger partial charge in [-0.15, -0.1) is 0 Å². The van der Waals surface area contributed by atoms with Gasteiger partial charge in [0.05, 0.1) is 6.54 Å². The first-order valence-corrected chi connectivity index (χ1v) is 6.22. The van der Waals surface area contributed by atoms with Gasteiger partial charge in [0.15, 0.2) is 0 Å². The summed E-state index contributed by atoms with van der Waals surface area (Å²) in [6, 6.07) is 8.56. The molecule has 1 aromatic rings. The molecular formula is C14H19NO2. The Morgan fingerprint density at radius 3 is 2.82 bits per heavy atom. The average Bonchev–Trinajstić information content (AvgIpc) is 3.11. The summed E-state index contributed by atoms with van der Waals surface area (Å²) in [6.45, 7) is 3.60. The molecule has 1 aromatic carbocycles. The molecule has 1 fully saturated rings. The minimum atomic E-state index is -0.759. The van der Waals surface area contributed by atoms with Crippen molar-refractivity contribution in [3.05, 3.63) is 35.4 Å². The van der Waals surface area contributed by atoms with Crippen molar-refractivity contribution in [2.45, 2.75) is 32.2 Å². The maximum atomic E-state index is 10.7. The van der Waals surface area contributed by atoms with E-state index in [9.17, 15) is 4.79 Å². The lowest BCUT2D eigenvalue weighted by atomic mass is 10.1. The molecule has 0 aliphatic heterocycles. The second-order valence-corrected chi connectivity index (χ2v) is 4.72. The van der Waals surface area contributed by atoms with Gasteiger partial charge >= 0.3 is 5.97 Å². The number of hydrogen-bond acceptors (Lipinski definition) is 2. The van der Waals surface area contributed by atoms with Crippen LogP contribution in [-0.2, 0) is 11.3 Å². The second kappa shape index (κ2) is 5.32. The standard InChI is InChI=1S/C14H19NO2/c1-2-15(10-14(16)17)9-11-4-3-5-13(8-11)12-6-7-12/h3-5,8,12H,2,6-7,9-10H2,1H3,(H,16,17). The largest absolute Gasteiger partial charge is 0.480 e. The lowest BCUT2D eigenvalue weighted by Crippen LogP contribution is -2.29. The van der Waals surface area contributed by atoms with Gasteiger partial charge in [0, 0.05) is 6.54 Å². The van der Waals surface area contributed by atoms with E-state index in [1.807, 2.05) is 11.8 Å². The molecule has 1 aliphatic rings. The zero-order valence-corrected chi connectivity index (χ0v) is 10.2. The van der Waals surface area contributed by atoms with E-state index in [1.165, 1.54) is 24.0 Å². The minimum Gasteiger partial charge on any atom is -0.480 e. The van der Waals surface area contributed by atoms with Crippen molar-refractivity contribution in [3.8, 4) is 0 Å². The molecule has 0 radical (unpaired) electrons. The fourth-order valence-corrected chi connectivity index (χ4v) is 2.09. The Kier molecular flexibility index (Phi) is 3.79. The molecule has 2 rings (SSSR count). The van der Waals surface area contributed by atoms with Crippen LogP contribution in [0.2, 0.25) is 0 Å². The van der Waals surface area contributed by atoms with Gasteiger partial charge in [-0.25, -0.2) is 0 Å². The van der Waals surface area contributed by atoms with Crippen LogP contribution in [0.25, 0.3) is 0 Å². The van der Waals surface area contributed by atoms with Crippen molar-refractivity contribution in [2.24, 2.45) is 0 Å². The molecule has 0 atom stereocenters. The molecule has 0 saturated heterocycles. The number of hydrogen-bond donors (Lipinski definition) is 1. The van der Waals surface area contributed by atoms with Crippen LogP contribution in [0.15, 0.2) is 24.3 Å². The third-order valence-corrected chi connectivity index (χ3v) is 3.21. The van der Waals surface area contributed by atoms with Crippen molar-refractivity contribution >= 4 is 5.97 Å². The molecule has 3 nitrogen and oxygen atoms in total. The number of likely N-dealkylation sites (N-methyl/N-ethyl adjacent to an activating group) is 1. The number of carbonyl (C=O) groups is 1. The van der Waals surface area contributed by atoms with E-state index < -0.39 is 5.97 Å². The molecule has 0 spiro atoms. The van der Waals surface area contributed by atoms with Crippen molar-refractivity contribution in [3.63, 3.8) is 0 Å². The van der Waals surface area contributed by atoms with Crippen molar-refractivity contribution in [1.82, 2.24) is 4.90 Å². The predicted molar refractivity (Wildman–Crippen MR) is 67.0 cm³/mol. The molecule has 1 saturated carbocycles. The van der Waals surface area contributed by atoms with Crippen LogP contribution < -0.4 is 0 Å². The Labute approximate surface area is 102 Å². The summed E-state index contributed by atoms with van der Waals surface area (Å²) in [6.07, 6.45) is 2.60. The fraction of sp³-hybridized carbons (Fsp3) is 0.500. The van der Waals surface area contributed by atoms with E-state index in [0.29, 0.717) is 0 Å². The van der Waals surface area contributed by atoms with Crippen LogP contribution in [0.4, 0.5) is 0 Å². The highest BCUT2D eigenvalue weighted by Crippen LogP contribution is 2.40. The first kappa shape index (κ1) is 12.1. The predicted octanol–water partition coefficient (Wildman–Crippen LogP) is 2.47. The van der Waals surface area contributed by atoms with Gasteiger partial charge in [0.1, 0.15) is 0 Å². The molecule has 0 bridgehead atoms. The summed E-state index contributed by atoms with van der Waals surface area (Å²) in [4.78, 5) is 12.6. The SMILES string of the molecule is CCN(CC(=O)O)Cc1cccc(C2CC2)c1. The van der Waals surface area contributed by atoms with Crippen molar-refractivity contribution < 1.29 is 9.90 Å².